The number of ether oxygens (including phenoxy) is 1. The Kier molecular flexibility index (Phi) is 6.84. The Morgan fingerprint density at radius 1 is 0.658 bits per heavy atom. The monoisotopic (exact) mass is 513 g/mol. The molecule has 0 saturated carbocycles. The van der Waals surface area contributed by atoms with E-state index in [2.05, 4.69) is 10.6 Å². The summed E-state index contributed by atoms with van der Waals surface area (Å²) in [5.74, 6) is -0.409. The Balaban J connectivity index is 1.54. The summed E-state index contributed by atoms with van der Waals surface area (Å²) >= 11 is 0. The molecule has 4 amide bonds. The predicted molar refractivity (Wildman–Crippen MR) is 147 cm³/mol. The average molecular weight is 514 g/mol. The van der Waals surface area contributed by atoms with E-state index in [0.717, 1.165) is 4.90 Å². The zero-order chi connectivity index (χ0) is 27.8. The van der Waals surface area contributed by atoms with E-state index in [0.29, 0.717) is 28.6 Å². The van der Waals surface area contributed by atoms with E-state index in [1.54, 1.807) is 81.4 Å². The molecule has 3 aromatic rings. The van der Waals surface area contributed by atoms with Crippen molar-refractivity contribution in [1.82, 2.24) is 0 Å². The largest absolute Gasteiger partial charge is 0.457 e. The van der Waals surface area contributed by atoms with Gasteiger partial charge in [0.1, 0.15) is 11.5 Å². The van der Waals surface area contributed by atoms with Crippen molar-refractivity contribution in [3.8, 4) is 11.5 Å². The molecule has 2 N–H and O–H groups in total. The second-order valence-corrected chi connectivity index (χ2v) is 11.2. The fraction of sp³-hybridized carbons (Fsp3) is 0.267. The summed E-state index contributed by atoms with van der Waals surface area (Å²) in [6.45, 7) is 10.9. The molecule has 0 bridgehead atoms. The summed E-state index contributed by atoms with van der Waals surface area (Å²) in [5.41, 5.74) is 0.757. The zero-order valence-electron chi connectivity index (χ0n) is 22.3. The molecule has 3 aromatic carbocycles. The standard InChI is InChI=1S/C30H31N3O5/c1-29(2,3)27(36)31-18-9-7-11-20(15-18)33-25(34)23-14-13-22(17-24(23)26(33)35)38-21-12-8-10-19(16-21)32-28(37)30(4,5)6/h7-17H,1-6H3,(H,31,36)(H,32,37). The maximum Gasteiger partial charge on any atom is 0.266 e. The number of carbonyl (C=O) groups excluding carboxylic acids is 4. The Morgan fingerprint density at radius 2 is 1.18 bits per heavy atom. The van der Waals surface area contributed by atoms with Gasteiger partial charge in [-0.15, -0.1) is 0 Å². The predicted octanol–water partition coefficient (Wildman–Crippen LogP) is 6.25. The summed E-state index contributed by atoms with van der Waals surface area (Å²) in [6, 6.07) is 18.3. The number of nitrogens with zero attached hydrogens (tertiary/aromatic N) is 1. The van der Waals surface area contributed by atoms with Gasteiger partial charge in [-0.2, -0.15) is 0 Å². The molecule has 38 heavy (non-hydrogen) atoms. The van der Waals surface area contributed by atoms with E-state index in [9.17, 15) is 19.2 Å². The number of hydrogen-bond donors (Lipinski definition) is 2. The fourth-order valence-electron chi connectivity index (χ4n) is 3.65. The van der Waals surface area contributed by atoms with Crippen molar-refractivity contribution in [3.63, 3.8) is 0 Å². The Bertz CT molecular complexity index is 1450. The molecule has 8 heteroatoms. The minimum absolute atomic E-state index is 0.126. The Morgan fingerprint density at radius 3 is 1.79 bits per heavy atom. The first kappa shape index (κ1) is 26.6. The molecule has 0 unspecified atom stereocenters. The van der Waals surface area contributed by atoms with E-state index >= 15 is 0 Å². The zero-order valence-corrected chi connectivity index (χ0v) is 22.3. The highest BCUT2D eigenvalue weighted by Gasteiger charge is 2.37. The lowest BCUT2D eigenvalue weighted by Crippen LogP contribution is -2.30. The summed E-state index contributed by atoms with van der Waals surface area (Å²) in [4.78, 5) is 52.2. The van der Waals surface area contributed by atoms with Crippen molar-refractivity contribution in [2.75, 3.05) is 15.5 Å². The molecule has 0 radical (unpaired) electrons. The maximum atomic E-state index is 13.3. The van der Waals surface area contributed by atoms with Crippen LogP contribution in [0.3, 0.4) is 0 Å². The van der Waals surface area contributed by atoms with Crippen LogP contribution in [0.15, 0.2) is 66.7 Å². The van der Waals surface area contributed by atoms with Crippen LogP contribution in [0, 0.1) is 10.8 Å². The smallest absolute Gasteiger partial charge is 0.266 e. The van der Waals surface area contributed by atoms with Crippen molar-refractivity contribution in [1.29, 1.82) is 0 Å². The van der Waals surface area contributed by atoms with Gasteiger partial charge in [0, 0.05) is 28.3 Å². The van der Waals surface area contributed by atoms with Crippen molar-refractivity contribution < 1.29 is 23.9 Å². The van der Waals surface area contributed by atoms with Crippen LogP contribution in [0.25, 0.3) is 0 Å². The molecule has 8 nitrogen and oxygen atoms in total. The van der Waals surface area contributed by atoms with Gasteiger partial charge in [0.05, 0.1) is 16.8 Å². The topological polar surface area (TPSA) is 105 Å². The first-order chi connectivity index (χ1) is 17.7. The normalized spacial score (nSPS) is 13.3. The summed E-state index contributed by atoms with van der Waals surface area (Å²) in [6.07, 6.45) is 0. The molecule has 4 rings (SSSR count). The van der Waals surface area contributed by atoms with Crippen LogP contribution in [-0.2, 0) is 9.59 Å². The van der Waals surface area contributed by atoms with Crippen molar-refractivity contribution in [2.24, 2.45) is 10.8 Å². The minimum Gasteiger partial charge on any atom is -0.457 e. The highest BCUT2D eigenvalue weighted by atomic mass is 16.5. The van der Waals surface area contributed by atoms with Gasteiger partial charge < -0.3 is 15.4 Å². The Hall–Kier alpha value is -4.46. The van der Waals surface area contributed by atoms with E-state index in [1.807, 2.05) is 20.8 Å². The first-order valence-electron chi connectivity index (χ1n) is 12.3. The number of benzene rings is 3. The van der Waals surface area contributed by atoms with Gasteiger partial charge in [0.2, 0.25) is 11.8 Å². The third-order valence-corrected chi connectivity index (χ3v) is 5.91. The van der Waals surface area contributed by atoms with Crippen molar-refractivity contribution >= 4 is 40.7 Å². The molecule has 196 valence electrons. The highest BCUT2D eigenvalue weighted by molar-refractivity contribution is 6.34. The van der Waals surface area contributed by atoms with Crippen LogP contribution in [0.4, 0.5) is 17.1 Å². The van der Waals surface area contributed by atoms with Crippen LogP contribution in [0.2, 0.25) is 0 Å². The number of imide groups is 1. The van der Waals surface area contributed by atoms with Crippen LogP contribution in [0.5, 0.6) is 11.5 Å². The molecule has 1 aliphatic heterocycles. The van der Waals surface area contributed by atoms with Gasteiger partial charge in [-0.05, 0) is 48.5 Å². The Labute approximate surface area is 222 Å². The van der Waals surface area contributed by atoms with Gasteiger partial charge in [0.15, 0.2) is 0 Å². The molecule has 0 atom stereocenters. The quantitative estimate of drug-likeness (QED) is 0.393. The first-order valence-corrected chi connectivity index (χ1v) is 12.3. The summed E-state index contributed by atoms with van der Waals surface area (Å²) < 4.78 is 5.95. The number of amides is 4. The van der Waals surface area contributed by atoms with E-state index in [1.165, 1.54) is 6.07 Å². The molecule has 0 spiro atoms. The van der Waals surface area contributed by atoms with E-state index in [-0.39, 0.29) is 22.9 Å². The van der Waals surface area contributed by atoms with E-state index < -0.39 is 22.6 Å². The number of rotatable bonds is 5. The number of anilines is 3. The number of nitrogens with one attached hydrogen (secondary N) is 2. The minimum atomic E-state index is -0.598. The molecule has 0 aliphatic carbocycles. The maximum absolute atomic E-state index is 13.3. The van der Waals surface area contributed by atoms with Gasteiger partial charge >= 0.3 is 0 Å². The lowest BCUT2D eigenvalue weighted by atomic mass is 9.95. The second-order valence-electron chi connectivity index (χ2n) is 11.2. The second kappa shape index (κ2) is 9.78. The number of carbonyl (C=O) groups is 4. The molecular formula is C30H31N3O5. The van der Waals surface area contributed by atoms with Crippen LogP contribution in [-0.4, -0.2) is 23.6 Å². The lowest BCUT2D eigenvalue weighted by Gasteiger charge is -2.19. The number of fused-ring (bicyclic) bond motifs is 1. The molecule has 0 aromatic heterocycles. The van der Waals surface area contributed by atoms with Crippen LogP contribution in [0.1, 0.15) is 62.3 Å². The fourth-order valence-corrected chi connectivity index (χ4v) is 3.65. The van der Waals surface area contributed by atoms with Crippen LogP contribution >= 0.6 is 0 Å². The number of hydrogen-bond acceptors (Lipinski definition) is 5. The van der Waals surface area contributed by atoms with Gasteiger partial charge in [-0.3, -0.25) is 19.2 Å². The lowest BCUT2D eigenvalue weighted by molar-refractivity contribution is -0.123. The SMILES string of the molecule is CC(C)(C)C(=O)Nc1cccc(Oc2ccc3c(c2)C(=O)N(c2cccc(NC(=O)C(C)(C)C)c2)C3=O)c1. The third-order valence-electron chi connectivity index (χ3n) is 5.91. The van der Waals surface area contributed by atoms with Crippen LogP contribution < -0.4 is 20.3 Å². The van der Waals surface area contributed by atoms with Crippen molar-refractivity contribution in [3.05, 3.63) is 77.9 Å². The molecular weight excluding hydrogens is 482 g/mol. The van der Waals surface area contributed by atoms with Gasteiger partial charge in [-0.25, -0.2) is 4.90 Å². The summed E-state index contributed by atoms with van der Waals surface area (Å²) in [5, 5.41) is 5.68. The molecule has 1 aliphatic rings. The molecule has 0 fully saturated rings. The molecule has 0 saturated heterocycles. The van der Waals surface area contributed by atoms with E-state index in [4.69, 9.17) is 4.74 Å². The third kappa shape index (κ3) is 5.59. The van der Waals surface area contributed by atoms with Gasteiger partial charge in [-0.1, -0.05) is 53.7 Å². The van der Waals surface area contributed by atoms with Crippen molar-refractivity contribution in [2.45, 2.75) is 41.5 Å². The average Bonchev–Trinajstić information content (AvgIpc) is 3.07. The highest BCUT2D eigenvalue weighted by Crippen LogP contribution is 2.34. The summed E-state index contributed by atoms with van der Waals surface area (Å²) in [7, 11) is 0. The van der Waals surface area contributed by atoms with Gasteiger partial charge in [0.25, 0.3) is 11.8 Å². The molecule has 1 heterocycles.